The summed E-state index contributed by atoms with van der Waals surface area (Å²) < 4.78 is 0. The molecule has 0 aliphatic carbocycles. The maximum absolute atomic E-state index is 11.3. The quantitative estimate of drug-likeness (QED) is 0.171. The smallest absolute Gasteiger partial charge is 0.335 e. The molecule has 0 spiro atoms. The van der Waals surface area contributed by atoms with Gasteiger partial charge < -0.3 is 20.4 Å². The minimum absolute atomic E-state index is 0.116. The van der Waals surface area contributed by atoms with Crippen LogP contribution in [0.1, 0.15) is 85.9 Å². The lowest BCUT2D eigenvalue weighted by Crippen LogP contribution is -1.96. The Kier molecular flexibility index (Phi) is 10.2. The van der Waals surface area contributed by atoms with Crippen LogP contribution in [0.5, 0.6) is 0 Å². The molecular formula is C42H22O8. The lowest BCUT2D eigenvalue weighted by Gasteiger charge is -2.04. The normalized spacial score (nSPS) is 9.60. The summed E-state index contributed by atoms with van der Waals surface area (Å²) in [7, 11) is 0. The summed E-state index contributed by atoms with van der Waals surface area (Å²) in [5.41, 5.74) is 4.58. The van der Waals surface area contributed by atoms with E-state index in [4.69, 9.17) is 0 Å². The molecule has 4 N–H and O–H groups in total. The highest BCUT2D eigenvalue weighted by Gasteiger charge is 2.08. The predicted octanol–water partition coefficient (Wildman–Crippen LogP) is 6.08. The van der Waals surface area contributed by atoms with Gasteiger partial charge in [-0.15, -0.1) is 0 Å². The van der Waals surface area contributed by atoms with Gasteiger partial charge in [0.2, 0.25) is 0 Å². The van der Waals surface area contributed by atoms with Crippen molar-refractivity contribution in [3.8, 4) is 47.4 Å². The van der Waals surface area contributed by atoms with Crippen LogP contribution < -0.4 is 0 Å². The molecule has 0 saturated carbocycles. The molecule has 0 aliphatic rings. The Bertz CT molecular complexity index is 2060. The Morgan fingerprint density at radius 2 is 0.480 bits per heavy atom. The summed E-state index contributed by atoms with van der Waals surface area (Å²) in [6, 6.07) is 27.7. The highest BCUT2D eigenvalue weighted by atomic mass is 16.4. The monoisotopic (exact) mass is 654 g/mol. The van der Waals surface area contributed by atoms with Crippen LogP contribution in [-0.2, 0) is 0 Å². The van der Waals surface area contributed by atoms with Crippen molar-refractivity contribution in [1.82, 2.24) is 0 Å². The molecule has 0 saturated heterocycles. The standard InChI is InChI=1S/C42H22O8/c43-39(44)31-13-1-27(2-14-31)9-21-35-25-37(23-11-29-5-17-33(18-6-29)41(47)48)38(24-12-30-7-19-34(20-8-30)42(49)50)26-36(35)22-10-28-3-15-32(16-4-28)40(45)46/h1-8,13-20,25-26H,(H,43,44)(H,45,46)(H,47,48)(H,49,50). The fourth-order valence-corrected chi connectivity index (χ4v) is 4.36. The van der Waals surface area contributed by atoms with Crippen molar-refractivity contribution in [3.05, 3.63) is 176 Å². The molecule has 0 aliphatic heterocycles. The lowest BCUT2D eigenvalue weighted by molar-refractivity contribution is 0.0686. The molecule has 238 valence electrons. The van der Waals surface area contributed by atoms with Gasteiger partial charge in [0.05, 0.1) is 22.3 Å². The highest BCUT2D eigenvalue weighted by Crippen LogP contribution is 2.18. The van der Waals surface area contributed by atoms with Gasteiger partial charge in [-0.25, -0.2) is 19.2 Å². The Morgan fingerprint density at radius 1 is 0.300 bits per heavy atom. The second-order valence-electron chi connectivity index (χ2n) is 10.5. The molecule has 0 heterocycles. The molecule has 0 atom stereocenters. The zero-order chi connectivity index (χ0) is 35.6. The zero-order valence-electron chi connectivity index (χ0n) is 25.8. The summed E-state index contributed by atoms with van der Waals surface area (Å²) in [5, 5.41) is 37.0. The van der Waals surface area contributed by atoms with Gasteiger partial charge in [0, 0.05) is 44.5 Å². The Morgan fingerprint density at radius 3 is 0.640 bits per heavy atom. The van der Waals surface area contributed by atoms with Crippen molar-refractivity contribution in [1.29, 1.82) is 0 Å². The molecule has 8 heteroatoms. The molecule has 5 aromatic rings. The number of carboxylic acid groups (broad SMARTS) is 4. The maximum atomic E-state index is 11.3. The van der Waals surface area contributed by atoms with Crippen LogP contribution in [-0.4, -0.2) is 44.3 Å². The first-order valence-corrected chi connectivity index (χ1v) is 14.7. The van der Waals surface area contributed by atoms with Gasteiger partial charge in [-0.3, -0.25) is 0 Å². The fraction of sp³-hybridized carbons (Fsp3) is 0. The van der Waals surface area contributed by atoms with Crippen LogP contribution >= 0.6 is 0 Å². The lowest BCUT2D eigenvalue weighted by atomic mass is 9.97. The van der Waals surface area contributed by atoms with Gasteiger partial charge in [0.15, 0.2) is 0 Å². The SMILES string of the molecule is O=C(O)c1ccc(C#Cc2cc(C#Cc3ccc(C(=O)O)cc3)c(C#Cc3ccc(C(=O)O)cc3)cc2C#Cc2ccc(C(=O)O)cc2)cc1. The summed E-state index contributed by atoms with van der Waals surface area (Å²) in [4.78, 5) is 45.2. The molecular weight excluding hydrogens is 632 g/mol. The second-order valence-corrected chi connectivity index (χ2v) is 10.5. The van der Waals surface area contributed by atoms with Crippen molar-refractivity contribution in [2.75, 3.05) is 0 Å². The third kappa shape index (κ3) is 8.72. The number of hydrogen-bond acceptors (Lipinski definition) is 4. The van der Waals surface area contributed by atoms with E-state index >= 15 is 0 Å². The summed E-state index contributed by atoms with van der Waals surface area (Å²) in [5.74, 6) is 20.3. The van der Waals surface area contributed by atoms with Crippen molar-refractivity contribution < 1.29 is 39.6 Å². The first-order chi connectivity index (χ1) is 24.0. The van der Waals surface area contributed by atoms with Gasteiger partial charge in [-0.2, -0.15) is 0 Å². The van der Waals surface area contributed by atoms with Gasteiger partial charge in [0.25, 0.3) is 0 Å². The summed E-state index contributed by atoms with van der Waals surface area (Å²) in [6.07, 6.45) is 0. The number of hydrogen-bond donors (Lipinski definition) is 4. The van der Waals surface area contributed by atoms with Crippen LogP contribution in [0, 0.1) is 47.4 Å². The van der Waals surface area contributed by atoms with Gasteiger partial charge >= 0.3 is 23.9 Å². The van der Waals surface area contributed by atoms with E-state index in [9.17, 15) is 39.6 Å². The first kappa shape index (κ1) is 33.6. The van der Waals surface area contributed by atoms with E-state index in [-0.39, 0.29) is 22.3 Å². The second kappa shape index (κ2) is 15.2. The summed E-state index contributed by atoms with van der Waals surface area (Å²) in [6.45, 7) is 0. The van der Waals surface area contributed by atoms with Gasteiger partial charge in [0.1, 0.15) is 0 Å². The number of rotatable bonds is 4. The molecule has 0 unspecified atom stereocenters. The van der Waals surface area contributed by atoms with Crippen LogP contribution in [0.4, 0.5) is 0 Å². The highest BCUT2D eigenvalue weighted by molar-refractivity contribution is 5.89. The van der Waals surface area contributed by atoms with Crippen LogP contribution in [0.2, 0.25) is 0 Å². The van der Waals surface area contributed by atoms with E-state index in [1.807, 2.05) is 0 Å². The average Bonchev–Trinajstić information content (AvgIpc) is 3.12. The molecule has 50 heavy (non-hydrogen) atoms. The molecule has 5 rings (SSSR count). The minimum atomic E-state index is -1.06. The molecule has 0 amide bonds. The number of carboxylic acids is 4. The third-order valence-electron chi connectivity index (χ3n) is 7.05. The van der Waals surface area contributed by atoms with E-state index in [0.717, 1.165) is 0 Å². The Hall–Kier alpha value is -7.78. The van der Waals surface area contributed by atoms with Gasteiger partial charge in [-0.1, -0.05) is 47.4 Å². The fourth-order valence-electron chi connectivity index (χ4n) is 4.36. The molecule has 0 aromatic heterocycles. The number of carbonyl (C=O) groups is 4. The molecule has 0 bridgehead atoms. The third-order valence-corrected chi connectivity index (χ3v) is 7.05. The van der Waals surface area contributed by atoms with E-state index < -0.39 is 23.9 Å². The van der Waals surface area contributed by atoms with Crippen LogP contribution in [0.3, 0.4) is 0 Å². The van der Waals surface area contributed by atoms with Crippen molar-refractivity contribution in [3.63, 3.8) is 0 Å². The molecule has 8 nitrogen and oxygen atoms in total. The van der Waals surface area contributed by atoms with Crippen molar-refractivity contribution >= 4 is 23.9 Å². The van der Waals surface area contributed by atoms with Crippen LogP contribution in [0.15, 0.2) is 109 Å². The maximum Gasteiger partial charge on any atom is 0.335 e. The predicted molar refractivity (Wildman–Crippen MR) is 184 cm³/mol. The number of benzene rings is 5. The van der Waals surface area contributed by atoms with Crippen molar-refractivity contribution in [2.45, 2.75) is 0 Å². The van der Waals surface area contributed by atoms with E-state index in [0.29, 0.717) is 44.5 Å². The Balaban J connectivity index is 1.66. The molecule has 5 aromatic carbocycles. The minimum Gasteiger partial charge on any atom is -0.478 e. The molecule has 0 radical (unpaired) electrons. The largest absolute Gasteiger partial charge is 0.478 e. The topological polar surface area (TPSA) is 149 Å². The zero-order valence-corrected chi connectivity index (χ0v) is 25.8. The molecule has 0 fully saturated rings. The van der Waals surface area contributed by atoms with Crippen molar-refractivity contribution in [2.24, 2.45) is 0 Å². The average molecular weight is 655 g/mol. The van der Waals surface area contributed by atoms with Crippen LogP contribution in [0.25, 0.3) is 0 Å². The van der Waals surface area contributed by atoms with E-state index in [2.05, 4.69) is 47.4 Å². The van der Waals surface area contributed by atoms with E-state index in [1.54, 1.807) is 60.7 Å². The first-order valence-electron chi connectivity index (χ1n) is 14.7. The van der Waals surface area contributed by atoms with E-state index in [1.165, 1.54) is 48.5 Å². The Labute approximate surface area is 286 Å². The number of aromatic carboxylic acids is 4. The summed E-state index contributed by atoms with van der Waals surface area (Å²) >= 11 is 0. The van der Waals surface area contributed by atoms with Gasteiger partial charge in [-0.05, 0) is 109 Å².